The molecule has 1 N–H and O–H groups in total. The van der Waals surface area contributed by atoms with Crippen molar-refractivity contribution < 1.29 is 22.8 Å². The van der Waals surface area contributed by atoms with Crippen LogP contribution in [-0.2, 0) is 6.18 Å². The van der Waals surface area contributed by atoms with E-state index >= 15 is 0 Å². The van der Waals surface area contributed by atoms with Crippen molar-refractivity contribution in [3.63, 3.8) is 0 Å². The molecule has 22 heavy (non-hydrogen) atoms. The summed E-state index contributed by atoms with van der Waals surface area (Å²) in [7, 11) is 1.47. The van der Waals surface area contributed by atoms with Gasteiger partial charge in [-0.25, -0.2) is 0 Å². The van der Waals surface area contributed by atoms with Crippen LogP contribution < -0.4 is 10.1 Å². The standard InChI is InChI=1S/C14H11F3N2O3/c1-22-10-7-5-9(6-8-10)18-12-4-2-3-11(14(15,16)17)13(12)19(20)21/h2-8,18H,1H3. The van der Waals surface area contributed by atoms with Gasteiger partial charge in [0.1, 0.15) is 17.0 Å². The number of alkyl halides is 3. The second-order valence-electron chi connectivity index (χ2n) is 4.31. The molecule has 0 aliphatic rings. The van der Waals surface area contributed by atoms with Crippen molar-refractivity contribution in [1.29, 1.82) is 0 Å². The van der Waals surface area contributed by atoms with Crippen molar-refractivity contribution in [3.8, 4) is 5.75 Å². The van der Waals surface area contributed by atoms with Gasteiger partial charge < -0.3 is 10.1 Å². The summed E-state index contributed by atoms with van der Waals surface area (Å²) in [4.78, 5) is 9.98. The Morgan fingerprint density at radius 3 is 2.27 bits per heavy atom. The second-order valence-corrected chi connectivity index (χ2v) is 4.31. The molecule has 2 aromatic rings. The number of ether oxygens (including phenoxy) is 1. The summed E-state index contributed by atoms with van der Waals surface area (Å²) in [6.45, 7) is 0. The average molecular weight is 312 g/mol. The number of nitro benzene ring substituents is 1. The highest BCUT2D eigenvalue weighted by molar-refractivity contribution is 5.72. The van der Waals surface area contributed by atoms with Crippen LogP contribution in [0.1, 0.15) is 5.56 Å². The molecule has 116 valence electrons. The van der Waals surface area contributed by atoms with Crippen LogP contribution in [0.3, 0.4) is 0 Å². The quantitative estimate of drug-likeness (QED) is 0.672. The maximum Gasteiger partial charge on any atom is 0.423 e. The first kappa shape index (κ1) is 15.6. The summed E-state index contributed by atoms with van der Waals surface area (Å²) in [5.74, 6) is 0.559. The molecular weight excluding hydrogens is 301 g/mol. The molecule has 2 aromatic carbocycles. The molecular formula is C14H11F3N2O3. The number of rotatable bonds is 4. The minimum absolute atomic E-state index is 0.231. The van der Waals surface area contributed by atoms with Gasteiger partial charge in [-0.3, -0.25) is 10.1 Å². The van der Waals surface area contributed by atoms with Crippen LogP contribution >= 0.6 is 0 Å². The molecule has 0 spiro atoms. The van der Waals surface area contributed by atoms with Gasteiger partial charge in [-0.2, -0.15) is 13.2 Å². The van der Waals surface area contributed by atoms with Gasteiger partial charge in [-0.1, -0.05) is 6.07 Å². The van der Waals surface area contributed by atoms with Crippen LogP contribution in [0.25, 0.3) is 0 Å². The van der Waals surface area contributed by atoms with E-state index < -0.39 is 22.4 Å². The van der Waals surface area contributed by atoms with E-state index in [4.69, 9.17) is 4.74 Å². The highest BCUT2D eigenvalue weighted by atomic mass is 19.4. The third kappa shape index (κ3) is 3.27. The van der Waals surface area contributed by atoms with Crippen molar-refractivity contribution >= 4 is 17.1 Å². The molecule has 8 heteroatoms. The fourth-order valence-electron chi connectivity index (χ4n) is 1.90. The molecule has 0 unspecified atom stereocenters. The van der Waals surface area contributed by atoms with E-state index in [1.807, 2.05) is 0 Å². The number of benzene rings is 2. The Balaban J connectivity index is 2.44. The number of methoxy groups -OCH3 is 1. The zero-order chi connectivity index (χ0) is 16.3. The molecule has 0 amide bonds. The van der Waals surface area contributed by atoms with Gasteiger partial charge in [-0.05, 0) is 36.4 Å². The van der Waals surface area contributed by atoms with Crippen LogP contribution in [-0.4, -0.2) is 12.0 Å². The molecule has 0 atom stereocenters. The molecule has 0 radical (unpaired) electrons. The Kier molecular flexibility index (Phi) is 4.20. The van der Waals surface area contributed by atoms with Gasteiger partial charge in [0.15, 0.2) is 0 Å². The average Bonchev–Trinajstić information content (AvgIpc) is 2.46. The fourth-order valence-corrected chi connectivity index (χ4v) is 1.90. The van der Waals surface area contributed by atoms with E-state index in [9.17, 15) is 23.3 Å². The van der Waals surface area contributed by atoms with Crippen LogP contribution in [0.5, 0.6) is 5.75 Å². The van der Waals surface area contributed by atoms with Gasteiger partial charge >= 0.3 is 11.9 Å². The lowest BCUT2D eigenvalue weighted by Gasteiger charge is -2.12. The van der Waals surface area contributed by atoms with Crippen molar-refractivity contribution in [1.82, 2.24) is 0 Å². The topological polar surface area (TPSA) is 64.4 Å². The molecule has 0 aliphatic heterocycles. The summed E-state index contributed by atoms with van der Waals surface area (Å²) in [5.41, 5.74) is -2.13. The summed E-state index contributed by atoms with van der Waals surface area (Å²) < 4.78 is 43.6. The Hall–Kier alpha value is -2.77. The fraction of sp³-hybridized carbons (Fsp3) is 0.143. The SMILES string of the molecule is COc1ccc(Nc2cccc(C(F)(F)F)c2[N+](=O)[O-])cc1. The second kappa shape index (κ2) is 5.92. The number of halogens is 3. The van der Waals surface area contributed by atoms with E-state index in [0.29, 0.717) is 17.5 Å². The summed E-state index contributed by atoms with van der Waals surface area (Å²) in [6, 6.07) is 9.27. The first-order valence-corrected chi connectivity index (χ1v) is 6.08. The van der Waals surface area contributed by atoms with E-state index in [-0.39, 0.29) is 5.69 Å². The number of nitrogens with zero attached hydrogens (tertiary/aromatic N) is 1. The maximum absolute atomic E-state index is 12.9. The Labute approximate surface area is 123 Å². The zero-order valence-corrected chi connectivity index (χ0v) is 11.3. The lowest BCUT2D eigenvalue weighted by Crippen LogP contribution is -2.10. The van der Waals surface area contributed by atoms with Gasteiger partial charge in [0.25, 0.3) is 0 Å². The predicted octanol–water partition coefficient (Wildman–Crippen LogP) is 4.37. The normalized spacial score (nSPS) is 11.1. The Morgan fingerprint density at radius 2 is 1.77 bits per heavy atom. The minimum Gasteiger partial charge on any atom is -0.497 e. The van der Waals surface area contributed by atoms with E-state index in [2.05, 4.69) is 5.32 Å². The lowest BCUT2D eigenvalue weighted by atomic mass is 10.1. The van der Waals surface area contributed by atoms with E-state index in [0.717, 1.165) is 6.07 Å². The first-order valence-electron chi connectivity index (χ1n) is 6.08. The molecule has 0 fully saturated rings. The molecule has 0 bridgehead atoms. The molecule has 0 aliphatic carbocycles. The summed E-state index contributed by atoms with van der Waals surface area (Å²) in [5, 5.41) is 13.6. The molecule has 0 aromatic heterocycles. The third-order valence-electron chi connectivity index (χ3n) is 2.89. The maximum atomic E-state index is 12.9. The van der Waals surface area contributed by atoms with E-state index in [1.54, 1.807) is 24.3 Å². The van der Waals surface area contributed by atoms with Crippen molar-refractivity contribution in [2.24, 2.45) is 0 Å². The number of hydrogen-bond donors (Lipinski definition) is 1. The number of anilines is 2. The zero-order valence-electron chi connectivity index (χ0n) is 11.3. The number of nitrogens with one attached hydrogen (secondary N) is 1. The summed E-state index contributed by atoms with van der Waals surface area (Å²) >= 11 is 0. The Morgan fingerprint density at radius 1 is 1.14 bits per heavy atom. The highest BCUT2D eigenvalue weighted by Gasteiger charge is 2.39. The smallest absolute Gasteiger partial charge is 0.423 e. The monoisotopic (exact) mass is 312 g/mol. The van der Waals surface area contributed by atoms with Gasteiger partial charge in [0.2, 0.25) is 0 Å². The van der Waals surface area contributed by atoms with Crippen LogP contribution in [0, 0.1) is 10.1 Å². The lowest BCUT2D eigenvalue weighted by molar-refractivity contribution is -0.387. The predicted molar refractivity (Wildman–Crippen MR) is 74.4 cm³/mol. The molecule has 0 heterocycles. The third-order valence-corrected chi connectivity index (χ3v) is 2.89. The van der Waals surface area contributed by atoms with Gasteiger partial charge in [0.05, 0.1) is 12.0 Å². The largest absolute Gasteiger partial charge is 0.497 e. The number of hydrogen-bond acceptors (Lipinski definition) is 4. The van der Waals surface area contributed by atoms with E-state index in [1.165, 1.54) is 13.2 Å². The minimum atomic E-state index is -4.81. The summed E-state index contributed by atoms with van der Waals surface area (Å²) in [6.07, 6.45) is -4.81. The van der Waals surface area contributed by atoms with Gasteiger partial charge in [0, 0.05) is 5.69 Å². The Bertz CT molecular complexity index is 685. The molecule has 0 saturated heterocycles. The van der Waals surface area contributed by atoms with Crippen molar-refractivity contribution in [2.75, 3.05) is 12.4 Å². The van der Waals surface area contributed by atoms with Crippen LogP contribution in [0.2, 0.25) is 0 Å². The first-order chi connectivity index (χ1) is 10.3. The highest BCUT2D eigenvalue weighted by Crippen LogP contribution is 2.40. The molecule has 2 rings (SSSR count). The van der Waals surface area contributed by atoms with Gasteiger partial charge in [-0.15, -0.1) is 0 Å². The van der Waals surface area contributed by atoms with Crippen LogP contribution in [0.15, 0.2) is 42.5 Å². The van der Waals surface area contributed by atoms with Crippen LogP contribution in [0.4, 0.5) is 30.2 Å². The van der Waals surface area contributed by atoms with Crippen molar-refractivity contribution in [3.05, 3.63) is 58.1 Å². The number of nitro groups is 1. The number of para-hydroxylation sites is 1. The van der Waals surface area contributed by atoms with Crippen molar-refractivity contribution in [2.45, 2.75) is 6.18 Å². The molecule has 5 nitrogen and oxygen atoms in total. The molecule has 0 saturated carbocycles.